The van der Waals surface area contributed by atoms with Crippen molar-refractivity contribution in [3.63, 3.8) is 0 Å². The summed E-state index contributed by atoms with van der Waals surface area (Å²) >= 11 is 0. The van der Waals surface area contributed by atoms with Gasteiger partial charge in [-0.2, -0.15) is 0 Å². The van der Waals surface area contributed by atoms with E-state index in [-0.39, 0.29) is 0 Å². The monoisotopic (exact) mass is 246 g/mol. The second-order valence-corrected chi connectivity index (χ2v) is 5.74. The quantitative estimate of drug-likeness (QED) is 0.586. The van der Waals surface area contributed by atoms with Crippen LogP contribution in [0.3, 0.4) is 0 Å². The first-order valence-electron chi connectivity index (χ1n) is 7.18. The average Bonchev–Trinajstić information content (AvgIpc) is 2.37. The van der Waals surface area contributed by atoms with E-state index in [0.29, 0.717) is 11.3 Å². The minimum absolute atomic E-state index is 0.401. The van der Waals surface area contributed by atoms with Gasteiger partial charge in [0, 0.05) is 0 Å². The summed E-state index contributed by atoms with van der Waals surface area (Å²) < 4.78 is 0. The van der Waals surface area contributed by atoms with E-state index >= 15 is 0 Å². The topological polar surface area (TPSA) is 0 Å². The lowest BCUT2D eigenvalue weighted by molar-refractivity contribution is 0.335. The molecule has 1 aromatic rings. The van der Waals surface area contributed by atoms with E-state index in [1.807, 2.05) is 19.9 Å². The Labute approximate surface area is 114 Å². The van der Waals surface area contributed by atoms with Gasteiger partial charge >= 0.3 is 0 Å². The van der Waals surface area contributed by atoms with Crippen LogP contribution in [-0.2, 0) is 0 Å². The van der Waals surface area contributed by atoms with E-state index in [4.69, 9.17) is 0 Å². The van der Waals surface area contributed by atoms with Crippen molar-refractivity contribution in [3.8, 4) is 0 Å². The maximum Gasteiger partial charge on any atom is -0.0160 e. The summed E-state index contributed by atoms with van der Waals surface area (Å²) in [7, 11) is 0. The summed E-state index contributed by atoms with van der Waals surface area (Å²) in [6, 6.07) is 8.81. The van der Waals surface area contributed by atoms with Gasteiger partial charge in [-0.15, -0.1) is 0 Å². The summed E-state index contributed by atoms with van der Waals surface area (Å²) in [5.74, 6) is 0.680. The lowest BCUT2D eigenvalue weighted by atomic mass is 9.80. The summed E-state index contributed by atoms with van der Waals surface area (Å²) in [6.07, 6.45) is 4.36. The van der Waals surface area contributed by atoms with Crippen LogP contribution in [0.25, 0.3) is 6.08 Å². The van der Waals surface area contributed by atoms with Crippen molar-refractivity contribution in [2.75, 3.05) is 0 Å². The largest absolute Gasteiger partial charge is 0.0985 e. The highest BCUT2D eigenvalue weighted by atomic mass is 14.2. The highest BCUT2D eigenvalue weighted by Crippen LogP contribution is 2.33. The first-order valence-corrected chi connectivity index (χ1v) is 7.18. The van der Waals surface area contributed by atoms with Crippen LogP contribution in [-0.4, -0.2) is 0 Å². The van der Waals surface area contributed by atoms with Gasteiger partial charge in [-0.1, -0.05) is 78.5 Å². The third-order valence-corrected chi connectivity index (χ3v) is 3.00. The Morgan fingerprint density at radius 1 is 1.11 bits per heavy atom. The van der Waals surface area contributed by atoms with Gasteiger partial charge in [-0.05, 0) is 35.3 Å². The summed E-state index contributed by atoms with van der Waals surface area (Å²) in [6.45, 7) is 17.0. The van der Waals surface area contributed by atoms with Crippen LogP contribution in [0.2, 0.25) is 0 Å². The normalized spacial score (nSPS) is 12.3. The molecule has 0 nitrogen and oxygen atoms in total. The second kappa shape index (κ2) is 8.13. The fourth-order valence-electron chi connectivity index (χ4n) is 2.14. The number of hydrogen-bond acceptors (Lipinski definition) is 0. The molecule has 0 fully saturated rings. The van der Waals surface area contributed by atoms with Gasteiger partial charge in [0.1, 0.15) is 0 Å². The third-order valence-electron chi connectivity index (χ3n) is 3.00. The molecule has 0 saturated carbocycles. The summed E-state index contributed by atoms with van der Waals surface area (Å²) in [5.41, 5.74) is 3.06. The van der Waals surface area contributed by atoms with Crippen LogP contribution in [0.5, 0.6) is 0 Å². The molecule has 1 unspecified atom stereocenters. The van der Waals surface area contributed by atoms with Gasteiger partial charge in [0.15, 0.2) is 0 Å². The number of rotatable bonds is 4. The Hall–Kier alpha value is -1.04. The molecule has 0 aliphatic heterocycles. The van der Waals surface area contributed by atoms with Crippen molar-refractivity contribution < 1.29 is 0 Å². The van der Waals surface area contributed by atoms with E-state index in [9.17, 15) is 0 Å². The Kier molecular flexibility index (Phi) is 7.66. The molecule has 0 saturated heterocycles. The van der Waals surface area contributed by atoms with Gasteiger partial charge in [-0.3, -0.25) is 0 Å². The molecule has 0 radical (unpaired) electrons. The molecule has 0 heterocycles. The summed E-state index contributed by atoms with van der Waals surface area (Å²) in [5, 5.41) is 0. The van der Waals surface area contributed by atoms with Crippen LogP contribution in [0.1, 0.15) is 71.4 Å². The molecule has 0 aliphatic rings. The molecule has 0 aliphatic carbocycles. The molecule has 102 valence electrons. The highest BCUT2D eigenvalue weighted by molar-refractivity contribution is 5.47. The minimum atomic E-state index is 0.401. The van der Waals surface area contributed by atoms with E-state index in [1.54, 1.807) is 0 Å². The standard InChI is InChI=1S/C16H24.C2H6/c1-6-13-8-10-15(11-9-13)14(7-2)12-16(3,4)5;1-2/h6,8-11,14H,1,7,12H2,2-5H3;1-2H3. The first-order chi connectivity index (χ1) is 8.46. The van der Waals surface area contributed by atoms with E-state index in [0.717, 1.165) is 0 Å². The molecule has 0 spiro atoms. The molecule has 18 heavy (non-hydrogen) atoms. The van der Waals surface area contributed by atoms with Crippen LogP contribution in [0.4, 0.5) is 0 Å². The van der Waals surface area contributed by atoms with Gasteiger partial charge < -0.3 is 0 Å². The van der Waals surface area contributed by atoms with Crippen molar-refractivity contribution in [3.05, 3.63) is 42.0 Å². The minimum Gasteiger partial charge on any atom is -0.0985 e. The molecular formula is C18H30. The van der Waals surface area contributed by atoms with Crippen molar-refractivity contribution in [1.29, 1.82) is 0 Å². The summed E-state index contributed by atoms with van der Waals surface area (Å²) in [4.78, 5) is 0. The lowest BCUT2D eigenvalue weighted by Gasteiger charge is -2.25. The smallest absolute Gasteiger partial charge is 0.0160 e. The zero-order valence-electron chi connectivity index (χ0n) is 13.1. The van der Waals surface area contributed by atoms with Crippen LogP contribution < -0.4 is 0 Å². The van der Waals surface area contributed by atoms with Crippen molar-refractivity contribution in [1.82, 2.24) is 0 Å². The molecule has 0 heteroatoms. The SMILES string of the molecule is C=Cc1ccc(C(CC)CC(C)(C)C)cc1.CC. The third kappa shape index (κ3) is 6.05. The van der Waals surface area contributed by atoms with Crippen molar-refractivity contribution >= 4 is 6.08 Å². The zero-order chi connectivity index (χ0) is 14.2. The maximum absolute atomic E-state index is 3.79. The van der Waals surface area contributed by atoms with E-state index < -0.39 is 0 Å². The van der Waals surface area contributed by atoms with E-state index in [1.165, 1.54) is 24.0 Å². The highest BCUT2D eigenvalue weighted by Gasteiger charge is 2.18. The second-order valence-electron chi connectivity index (χ2n) is 5.74. The maximum atomic E-state index is 3.79. The molecule has 1 atom stereocenters. The van der Waals surface area contributed by atoms with Crippen molar-refractivity contribution in [2.24, 2.45) is 5.41 Å². The van der Waals surface area contributed by atoms with Crippen LogP contribution >= 0.6 is 0 Å². The molecular weight excluding hydrogens is 216 g/mol. The predicted octanol–water partition coefficient (Wildman–Crippen LogP) is 6.29. The zero-order valence-corrected chi connectivity index (χ0v) is 13.1. The van der Waals surface area contributed by atoms with E-state index in [2.05, 4.69) is 58.5 Å². The van der Waals surface area contributed by atoms with Crippen molar-refractivity contribution in [2.45, 2.75) is 60.3 Å². The van der Waals surface area contributed by atoms with Crippen LogP contribution in [0.15, 0.2) is 30.8 Å². The fraction of sp³-hybridized carbons (Fsp3) is 0.556. The lowest BCUT2D eigenvalue weighted by Crippen LogP contribution is -2.11. The van der Waals surface area contributed by atoms with Crippen LogP contribution in [0, 0.1) is 5.41 Å². The Balaban J connectivity index is 0.00000137. The molecule has 1 rings (SSSR count). The van der Waals surface area contributed by atoms with Gasteiger partial charge in [0.05, 0.1) is 0 Å². The Morgan fingerprint density at radius 2 is 1.61 bits per heavy atom. The molecule has 0 aromatic heterocycles. The molecule has 1 aromatic carbocycles. The first kappa shape index (κ1) is 17.0. The van der Waals surface area contributed by atoms with Gasteiger partial charge in [0.2, 0.25) is 0 Å². The Morgan fingerprint density at radius 3 is 1.94 bits per heavy atom. The van der Waals surface area contributed by atoms with Gasteiger partial charge in [-0.25, -0.2) is 0 Å². The molecule has 0 amide bonds. The Bertz CT molecular complexity index is 324. The fourth-order valence-corrected chi connectivity index (χ4v) is 2.14. The molecule has 0 N–H and O–H groups in total. The average molecular weight is 246 g/mol. The predicted molar refractivity (Wildman–Crippen MR) is 85.0 cm³/mol. The molecule has 0 bridgehead atoms. The number of benzene rings is 1. The number of hydrogen-bond donors (Lipinski definition) is 0. The van der Waals surface area contributed by atoms with Gasteiger partial charge in [0.25, 0.3) is 0 Å².